The number of aromatic nitrogens is 2. The van der Waals surface area contributed by atoms with Crippen LogP contribution in [0.3, 0.4) is 0 Å². The molecule has 7 nitrogen and oxygen atoms in total. The van der Waals surface area contributed by atoms with Crippen LogP contribution in [-0.2, 0) is 21.4 Å². The van der Waals surface area contributed by atoms with Crippen molar-refractivity contribution in [1.29, 1.82) is 0 Å². The highest BCUT2D eigenvalue weighted by atomic mass is 32.2. The number of sulfonamides is 1. The molecule has 1 aromatic carbocycles. The van der Waals surface area contributed by atoms with Crippen molar-refractivity contribution in [2.24, 2.45) is 0 Å². The number of methoxy groups -OCH3 is 1. The van der Waals surface area contributed by atoms with Gasteiger partial charge in [-0.3, -0.25) is 0 Å². The summed E-state index contributed by atoms with van der Waals surface area (Å²) in [5, 5.41) is 0. The Hall–Kier alpha value is -1.64. The average molecular weight is 311 g/mol. The fraction of sp³-hybridized carbons (Fsp3) is 0.462. The van der Waals surface area contributed by atoms with E-state index in [1.165, 1.54) is 0 Å². The molecule has 1 aliphatic heterocycles. The van der Waals surface area contributed by atoms with Crippen molar-refractivity contribution >= 4 is 21.1 Å². The maximum absolute atomic E-state index is 11.3. The van der Waals surface area contributed by atoms with E-state index in [0.29, 0.717) is 13.2 Å². The fourth-order valence-corrected chi connectivity index (χ4v) is 3.01. The summed E-state index contributed by atoms with van der Waals surface area (Å²) in [5.74, 6) is 1.54. The lowest BCUT2D eigenvalue weighted by Gasteiger charge is -2.26. The van der Waals surface area contributed by atoms with Gasteiger partial charge in [0.2, 0.25) is 10.0 Å². The van der Waals surface area contributed by atoms with Crippen LogP contribution in [0.2, 0.25) is 0 Å². The van der Waals surface area contributed by atoms with E-state index in [0.717, 1.165) is 28.9 Å². The van der Waals surface area contributed by atoms with Gasteiger partial charge in [-0.2, -0.15) is 0 Å². The topological polar surface area (TPSA) is 82.5 Å². The second-order valence-corrected chi connectivity index (χ2v) is 6.88. The van der Waals surface area contributed by atoms with E-state index in [1.54, 1.807) is 7.11 Å². The molecule has 0 spiro atoms. The van der Waals surface area contributed by atoms with Crippen LogP contribution in [0.4, 0.5) is 0 Å². The number of imidazole rings is 1. The highest BCUT2D eigenvalue weighted by Gasteiger charge is 2.25. The molecule has 1 atom stereocenters. The molecule has 21 heavy (non-hydrogen) atoms. The Bertz CT molecular complexity index is 769. The third-order valence-electron chi connectivity index (χ3n) is 3.46. The molecular formula is C13H17N3O4S. The molecule has 114 valence electrons. The minimum absolute atomic E-state index is 0.124. The number of hydrogen-bond donors (Lipinski definition) is 1. The highest BCUT2D eigenvalue weighted by Crippen LogP contribution is 2.28. The molecule has 1 N–H and O–H groups in total. The molecule has 1 aromatic heterocycles. The molecule has 8 heteroatoms. The van der Waals surface area contributed by atoms with Crippen LogP contribution in [-0.4, -0.2) is 44.5 Å². The quantitative estimate of drug-likeness (QED) is 0.897. The zero-order chi connectivity index (χ0) is 15.0. The molecule has 0 bridgehead atoms. The van der Waals surface area contributed by atoms with E-state index in [2.05, 4.69) is 9.71 Å². The van der Waals surface area contributed by atoms with Crippen LogP contribution < -0.4 is 9.46 Å². The molecule has 0 saturated heterocycles. The van der Waals surface area contributed by atoms with Crippen molar-refractivity contribution in [1.82, 2.24) is 14.3 Å². The normalized spacial score (nSPS) is 18.7. The van der Waals surface area contributed by atoms with Gasteiger partial charge in [-0.1, -0.05) is 0 Å². The van der Waals surface area contributed by atoms with Crippen LogP contribution >= 0.6 is 0 Å². The van der Waals surface area contributed by atoms with E-state index in [9.17, 15) is 8.42 Å². The summed E-state index contributed by atoms with van der Waals surface area (Å²) in [6.07, 6.45) is 1.15. The second kappa shape index (κ2) is 5.28. The number of rotatable bonds is 4. The van der Waals surface area contributed by atoms with E-state index < -0.39 is 10.0 Å². The first-order chi connectivity index (χ1) is 9.98. The van der Waals surface area contributed by atoms with Crippen LogP contribution in [0.1, 0.15) is 11.9 Å². The summed E-state index contributed by atoms with van der Waals surface area (Å²) in [4.78, 5) is 4.53. The minimum atomic E-state index is -3.24. The molecule has 0 aliphatic carbocycles. The summed E-state index contributed by atoms with van der Waals surface area (Å²) in [6, 6.07) is 5.53. The largest absolute Gasteiger partial charge is 0.497 e. The molecule has 0 fully saturated rings. The van der Waals surface area contributed by atoms with Gasteiger partial charge in [0.1, 0.15) is 18.2 Å². The summed E-state index contributed by atoms with van der Waals surface area (Å²) in [6.45, 7) is 1.14. The van der Waals surface area contributed by atoms with Gasteiger partial charge in [-0.15, -0.1) is 0 Å². The molecule has 0 amide bonds. The molecule has 2 heterocycles. The van der Waals surface area contributed by atoms with Crippen LogP contribution in [0.5, 0.6) is 5.75 Å². The Balaban J connectivity index is 2.02. The SMILES string of the molecule is COc1ccc2nc3n(c2c1)C(CNS(C)(=O)=O)COC3. The van der Waals surface area contributed by atoms with Gasteiger partial charge in [0.05, 0.1) is 37.0 Å². The molecule has 1 unspecified atom stereocenters. The van der Waals surface area contributed by atoms with E-state index in [4.69, 9.17) is 9.47 Å². The summed E-state index contributed by atoms with van der Waals surface area (Å²) < 4.78 is 37.9. The third kappa shape index (κ3) is 2.87. The predicted octanol–water partition coefficient (Wildman–Crippen LogP) is 0.665. The lowest BCUT2D eigenvalue weighted by Crippen LogP contribution is -2.35. The summed E-state index contributed by atoms with van der Waals surface area (Å²) in [5.41, 5.74) is 1.77. The average Bonchev–Trinajstić information content (AvgIpc) is 2.82. The van der Waals surface area contributed by atoms with Crippen molar-refractivity contribution in [3.8, 4) is 5.75 Å². The van der Waals surface area contributed by atoms with Gasteiger partial charge >= 0.3 is 0 Å². The number of hydrogen-bond acceptors (Lipinski definition) is 5. The van der Waals surface area contributed by atoms with Crippen molar-refractivity contribution in [2.45, 2.75) is 12.6 Å². The minimum Gasteiger partial charge on any atom is -0.497 e. The van der Waals surface area contributed by atoms with Crippen molar-refractivity contribution < 1.29 is 17.9 Å². The van der Waals surface area contributed by atoms with Gasteiger partial charge in [0.15, 0.2) is 0 Å². The Morgan fingerprint density at radius 3 is 3.05 bits per heavy atom. The number of ether oxygens (including phenoxy) is 2. The van der Waals surface area contributed by atoms with Crippen LogP contribution in [0.15, 0.2) is 18.2 Å². The third-order valence-corrected chi connectivity index (χ3v) is 4.15. The Labute approximate surface area is 122 Å². The molecule has 3 rings (SSSR count). The summed E-state index contributed by atoms with van der Waals surface area (Å²) >= 11 is 0. The van der Waals surface area contributed by atoms with Crippen molar-refractivity contribution in [3.05, 3.63) is 24.0 Å². The Kier molecular flexibility index (Phi) is 3.60. The first-order valence-corrected chi connectivity index (χ1v) is 8.44. The smallest absolute Gasteiger partial charge is 0.208 e. The zero-order valence-electron chi connectivity index (χ0n) is 11.9. The van der Waals surface area contributed by atoms with Gasteiger partial charge in [-0.25, -0.2) is 18.1 Å². The highest BCUT2D eigenvalue weighted by molar-refractivity contribution is 7.88. The molecule has 0 saturated carbocycles. The van der Waals surface area contributed by atoms with E-state index in [1.807, 2.05) is 22.8 Å². The first kappa shape index (κ1) is 14.3. The lowest BCUT2D eigenvalue weighted by molar-refractivity contribution is 0.0581. The van der Waals surface area contributed by atoms with Gasteiger partial charge in [-0.05, 0) is 12.1 Å². The molecular weight excluding hydrogens is 294 g/mol. The molecule has 0 radical (unpaired) electrons. The van der Waals surface area contributed by atoms with Gasteiger partial charge in [0.25, 0.3) is 0 Å². The maximum atomic E-state index is 11.3. The standard InChI is InChI=1S/C13H17N3O4S/c1-19-10-3-4-11-12(5-10)16-9(6-14-21(2,17)18)7-20-8-13(16)15-11/h3-5,9,14H,6-8H2,1-2H3. The Morgan fingerprint density at radius 2 is 2.33 bits per heavy atom. The van der Waals surface area contributed by atoms with Crippen molar-refractivity contribution in [2.75, 3.05) is 26.5 Å². The zero-order valence-corrected chi connectivity index (χ0v) is 12.7. The number of benzene rings is 1. The number of nitrogens with one attached hydrogen (secondary N) is 1. The van der Waals surface area contributed by atoms with E-state index >= 15 is 0 Å². The van der Waals surface area contributed by atoms with E-state index in [-0.39, 0.29) is 12.6 Å². The maximum Gasteiger partial charge on any atom is 0.208 e. The lowest BCUT2D eigenvalue weighted by atomic mass is 10.2. The van der Waals surface area contributed by atoms with Crippen LogP contribution in [0.25, 0.3) is 11.0 Å². The molecule has 1 aliphatic rings. The van der Waals surface area contributed by atoms with Crippen molar-refractivity contribution in [3.63, 3.8) is 0 Å². The Morgan fingerprint density at radius 1 is 1.52 bits per heavy atom. The first-order valence-electron chi connectivity index (χ1n) is 6.55. The van der Waals surface area contributed by atoms with Crippen LogP contribution in [0, 0.1) is 0 Å². The number of fused-ring (bicyclic) bond motifs is 3. The van der Waals surface area contributed by atoms with Gasteiger partial charge in [0, 0.05) is 12.6 Å². The fourth-order valence-electron chi connectivity index (χ4n) is 2.52. The molecule has 2 aromatic rings. The van der Waals surface area contributed by atoms with Gasteiger partial charge < -0.3 is 14.0 Å². The summed E-state index contributed by atoms with van der Waals surface area (Å²) in [7, 11) is -1.63. The monoisotopic (exact) mass is 311 g/mol. The number of nitrogens with zero attached hydrogens (tertiary/aromatic N) is 2. The second-order valence-electron chi connectivity index (χ2n) is 5.04. The predicted molar refractivity (Wildman–Crippen MR) is 77.8 cm³/mol.